The Morgan fingerprint density at radius 2 is 1.62 bits per heavy atom. The Hall–Kier alpha value is 0.400. The third kappa shape index (κ3) is 6.40. The van der Waals surface area contributed by atoms with Gasteiger partial charge in [-0.2, -0.15) is 0 Å². The van der Waals surface area contributed by atoms with E-state index in [1.807, 2.05) is 0 Å². The number of alkyl halides is 3. The summed E-state index contributed by atoms with van der Waals surface area (Å²) in [5.41, 5.74) is 0. The molecule has 7 heteroatoms. The minimum atomic E-state index is -5.03. The molecular formula is CF3IO3. The lowest BCUT2D eigenvalue weighted by atomic mass is 11.4. The van der Waals surface area contributed by atoms with Gasteiger partial charge in [-0.05, 0) is 0 Å². The van der Waals surface area contributed by atoms with Crippen molar-refractivity contribution in [2.45, 2.75) is 6.36 Å². The van der Waals surface area contributed by atoms with Crippen molar-refractivity contribution >= 4 is 0 Å². The van der Waals surface area contributed by atoms with Gasteiger partial charge in [-0.15, -0.1) is 13.2 Å². The van der Waals surface area contributed by atoms with Crippen molar-refractivity contribution in [3.63, 3.8) is 0 Å². The largest absolute Gasteiger partial charge is 0.599 e. The zero-order chi connectivity index (χ0) is 6.78. The van der Waals surface area contributed by atoms with E-state index in [0.717, 1.165) is 0 Å². The molecule has 0 heterocycles. The number of hydrogen-bond donors (Lipinski definition) is 0. The first-order valence-corrected chi connectivity index (χ1v) is 3.88. The van der Waals surface area contributed by atoms with Crippen molar-refractivity contribution in [2.24, 2.45) is 0 Å². The van der Waals surface area contributed by atoms with Crippen LogP contribution in [0.15, 0.2) is 0 Å². The Labute approximate surface area is 51.1 Å². The van der Waals surface area contributed by atoms with Crippen LogP contribution in [-0.4, -0.2) is 6.36 Å². The lowest BCUT2D eigenvalue weighted by Crippen LogP contribution is -3.99. The molecule has 0 rings (SSSR count). The quantitative estimate of drug-likeness (QED) is 0.438. The van der Waals surface area contributed by atoms with Crippen molar-refractivity contribution in [2.75, 3.05) is 0 Å². The Bertz CT molecular complexity index is 69.4. The average molecular weight is 244 g/mol. The van der Waals surface area contributed by atoms with Gasteiger partial charge in [0, 0.05) is 0 Å². The van der Waals surface area contributed by atoms with Crippen molar-refractivity contribution in [1.29, 1.82) is 0 Å². The minimum absolute atomic E-state index is 2.48. The SMILES string of the molecule is [O-][I+2]([O-])OC(F)(F)F. The topological polar surface area (TPSA) is 55.3 Å². The molecule has 0 aromatic carbocycles. The fourth-order valence-electron chi connectivity index (χ4n) is 0.0714. The van der Waals surface area contributed by atoms with Gasteiger partial charge < -0.3 is 6.87 Å². The first-order valence-electron chi connectivity index (χ1n) is 1.23. The molecule has 50 valence electrons. The van der Waals surface area contributed by atoms with Gasteiger partial charge in [0.15, 0.2) is 0 Å². The molecule has 0 aliphatic heterocycles. The molecule has 0 radical (unpaired) electrons. The van der Waals surface area contributed by atoms with Crippen LogP contribution >= 0.6 is 0 Å². The monoisotopic (exact) mass is 244 g/mol. The maximum absolute atomic E-state index is 10.7. The van der Waals surface area contributed by atoms with Gasteiger partial charge in [-0.25, -0.2) is 0 Å². The lowest BCUT2D eigenvalue weighted by Gasteiger charge is -1.93. The van der Waals surface area contributed by atoms with Crippen molar-refractivity contribution in [3.8, 4) is 0 Å². The highest BCUT2D eigenvalue weighted by atomic mass is 127. The fraction of sp³-hybridized carbons (Fsp3) is 1.00. The molecule has 0 aromatic heterocycles. The van der Waals surface area contributed by atoms with E-state index in [9.17, 15) is 20.0 Å². The molecule has 0 saturated heterocycles. The van der Waals surface area contributed by atoms with Crippen LogP contribution in [0.5, 0.6) is 0 Å². The Balaban J connectivity index is 3.39. The van der Waals surface area contributed by atoms with E-state index < -0.39 is 27.4 Å². The second-order valence-electron chi connectivity index (χ2n) is 0.712. The lowest BCUT2D eigenvalue weighted by molar-refractivity contribution is -1.64. The summed E-state index contributed by atoms with van der Waals surface area (Å²) in [4.78, 5) is 0. The van der Waals surface area contributed by atoms with E-state index in [2.05, 4.69) is 3.07 Å². The van der Waals surface area contributed by atoms with Gasteiger partial charge in [0.05, 0.1) is 3.07 Å². The molecule has 0 aliphatic carbocycles. The molecule has 0 unspecified atom stereocenters. The van der Waals surface area contributed by atoms with E-state index in [1.165, 1.54) is 0 Å². The van der Waals surface area contributed by atoms with Crippen molar-refractivity contribution in [3.05, 3.63) is 0 Å². The second kappa shape index (κ2) is 2.80. The van der Waals surface area contributed by atoms with Gasteiger partial charge in [0.1, 0.15) is 0 Å². The normalized spacial score (nSPS) is 12.8. The number of rotatable bonds is 1. The van der Waals surface area contributed by atoms with Crippen LogP contribution in [0.4, 0.5) is 13.2 Å². The molecular weight excluding hydrogens is 244 g/mol. The van der Waals surface area contributed by atoms with Crippen LogP contribution < -0.4 is 27.9 Å². The van der Waals surface area contributed by atoms with Crippen LogP contribution in [0.3, 0.4) is 0 Å². The summed E-state index contributed by atoms with van der Waals surface area (Å²) in [7, 11) is 0. The maximum Gasteiger partial charge on any atom is 0.599 e. The highest BCUT2D eigenvalue weighted by molar-refractivity contribution is 4.10. The Morgan fingerprint density at radius 3 is 1.62 bits per heavy atom. The summed E-state index contributed by atoms with van der Waals surface area (Å²) in [6.07, 6.45) is -5.03. The molecule has 0 fully saturated rings. The molecule has 0 N–H and O–H groups in total. The third-order valence-corrected chi connectivity index (χ3v) is 1.01. The Kier molecular flexibility index (Phi) is 2.94. The van der Waals surface area contributed by atoms with Crippen molar-refractivity contribution < 1.29 is 44.2 Å². The van der Waals surface area contributed by atoms with Gasteiger partial charge in [0.25, 0.3) is 0 Å². The Morgan fingerprint density at radius 1 is 1.25 bits per heavy atom. The van der Waals surface area contributed by atoms with Crippen LogP contribution in [-0.2, 0) is 3.07 Å². The molecule has 0 aliphatic rings. The average Bonchev–Trinajstić information content (AvgIpc) is 1.21. The van der Waals surface area contributed by atoms with Gasteiger partial charge in [0.2, 0.25) is 0 Å². The molecule has 0 spiro atoms. The molecule has 0 saturated carbocycles. The second-order valence-corrected chi connectivity index (χ2v) is 2.23. The van der Waals surface area contributed by atoms with Gasteiger partial charge in [-0.1, -0.05) is 0 Å². The summed E-state index contributed by atoms with van der Waals surface area (Å²) < 4.78 is 53.1. The summed E-state index contributed by atoms with van der Waals surface area (Å²) in [6.45, 7) is 0. The third-order valence-electron chi connectivity index (χ3n) is 0.150. The van der Waals surface area contributed by atoms with Gasteiger partial charge >= 0.3 is 27.4 Å². The summed E-state index contributed by atoms with van der Waals surface area (Å²) in [6, 6.07) is 0. The van der Waals surface area contributed by atoms with Gasteiger partial charge in [-0.3, -0.25) is 0 Å². The van der Waals surface area contributed by atoms with Crippen LogP contribution in [0, 0.1) is 0 Å². The fourth-order valence-corrected chi connectivity index (χ4v) is 0.479. The summed E-state index contributed by atoms with van der Waals surface area (Å²) >= 11 is -4.57. The predicted molar refractivity (Wildman–Crippen MR) is 7.14 cm³/mol. The summed E-state index contributed by atoms with van der Waals surface area (Å²) in [5.74, 6) is 0. The molecule has 3 nitrogen and oxygen atoms in total. The van der Waals surface area contributed by atoms with E-state index in [1.54, 1.807) is 0 Å². The molecule has 0 bridgehead atoms. The summed E-state index contributed by atoms with van der Waals surface area (Å²) in [5, 5.41) is 0. The molecule has 0 aromatic rings. The molecule has 0 atom stereocenters. The predicted octanol–water partition coefficient (Wildman–Crippen LogP) is -4.39. The highest BCUT2D eigenvalue weighted by Crippen LogP contribution is 2.10. The maximum atomic E-state index is 10.7. The van der Waals surface area contributed by atoms with Crippen LogP contribution in [0.2, 0.25) is 0 Å². The smallest absolute Gasteiger partial charge is 0.395 e. The first-order chi connectivity index (χ1) is 3.42. The van der Waals surface area contributed by atoms with E-state index >= 15 is 0 Å². The first kappa shape index (κ1) is 8.40. The zero-order valence-corrected chi connectivity index (χ0v) is 5.39. The molecule has 0 amide bonds. The number of halogens is 4. The standard InChI is InChI=1S/CF3IO3/c2-1(3,4)8-5(6)7. The highest BCUT2D eigenvalue weighted by Gasteiger charge is 2.43. The van der Waals surface area contributed by atoms with E-state index in [0.29, 0.717) is 0 Å². The minimum Gasteiger partial charge on any atom is -0.395 e. The molecule has 8 heavy (non-hydrogen) atoms. The van der Waals surface area contributed by atoms with E-state index in [-0.39, 0.29) is 0 Å². The van der Waals surface area contributed by atoms with Crippen molar-refractivity contribution in [1.82, 2.24) is 0 Å². The van der Waals surface area contributed by atoms with E-state index in [4.69, 9.17) is 0 Å². The number of hydrogen-bond acceptors (Lipinski definition) is 3. The van der Waals surface area contributed by atoms with Crippen LogP contribution in [0.25, 0.3) is 0 Å². The zero-order valence-electron chi connectivity index (χ0n) is 3.24. The van der Waals surface area contributed by atoms with Crippen LogP contribution in [0.1, 0.15) is 0 Å².